The third-order valence-corrected chi connectivity index (χ3v) is 17.1. The van der Waals surface area contributed by atoms with Crippen molar-refractivity contribution in [3.05, 3.63) is 264 Å². The van der Waals surface area contributed by atoms with Gasteiger partial charge in [-0.1, -0.05) is 196 Å². The van der Waals surface area contributed by atoms with E-state index in [2.05, 4.69) is 291 Å². The van der Waals surface area contributed by atoms with Gasteiger partial charge >= 0.3 is 0 Å². The number of benzene rings is 11. The lowest BCUT2D eigenvalue weighted by molar-refractivity contribution is 1.14. The topological polar surface area (TPSA) is 16.3 Å². The number of nitrogens with zero attached hydrogens (tertiary/aromatic N) is 4. The molecule has 0 saturated carbocycles. The summed E-state index contributed by atoms with van der Waals surface area (Å²) < 4.78 is 5.28. The molecular formula is C72H56B2N4. The first-order valence-corrected chi connectivity index (χ1v) is 27.5. The van der Waals surface area contributed by atoms with E-state index in [1.165, 1.54) is 121 Å². The molecule has 0 saturated heterocycles. The van der Waals surface area contributed by atoms with Crippen molar-refractivity contribution in [2.24, 2.45) is 0 Å². The zero-order valence-corrected chi connectivity index (χ0v) is 44.9. The maximum Gasteiger partial charge on any atom is 0.247 e. The minimum Gasteiger partial charge on any atom is -0.310 e. The molecule has 370 valence electrons. The Hall–Kier alpha value is -9.25. The average molecular weight is 999 g/mol. The molecule has 2 aliphatic rings. The SMILES string of the molecule is Cc1cc(C)c(B2c3cc4c(cc3-n3c5ccccc5c5c(N(c6ccccc6)c6ccccc6)ccc2c53)-n2c3ccccc3c3c(N(c5ccccc5)c5ccccc5)ccc(c32)B4c2c(C)cc(C)cc2C)c(C)c1. The molecule has 2 aromatic heterocycles. The zero-order chi connectivity index (χ0) is 52.5. The van der Waals surface area contributed by atoms with Gasteiger partial charge in [-0.25, -0.2) is 0 Å². The van der Waals surface area contributed by atoms with Crippen LogP contribution in [0.1, 0.15) is 33.4 Å². The Bertz CT molecular complexity index is 4160. The molecule has 0 unspecified atom stereocenters. The maximum atomic E-state index is 2.66. The standard InChI is InChI=1S/C72H56B2N4/c1-45-39-47(3)69(48(4)40-45)73-57-35-37-63(75(51-23-11-7-12-24-51)52-25-13-8-14-26-52)67-55-31-19-21-33-61(55)77(71(57)67)65-44-66-60(43-59(65)73)74(70-49(5)41-46(2)42-50(70)6)58-36-38-64(68-56-32-20-22-34-62(56)78(66)72(58)68)76(53-27-15-9-16-28-53)54-29-17-10-18-30-54/h7-44H,1-6H3. The van der Waals surface area contributed by atoms with Gasteiger partial charge in [0.05, 0.1) is 33.4 Å². The lowest BCUT2D eigenvalue weighted by Gasteiger charge is -2.35. The first kappa shape index (κ1) is 46.1. The van der Waals surface area contributed by atoms with E-state index in [1.54, 1.807) is 0 Å². The highest BCUT2D eigenvalue weighted by atomic mass is 15.2. The van der Waals surface area contributed by atoms with Gasteiger partial charge < -0.3 is 18.9 Å². The van der Waals surface area contributed by atoms with Crippen LogP contribution in [0.4, 0.5) is 34.1 Å². The van der Waals surface area contributed by atoms with Gasteiger partial charge in [-0.15, -0.1) is 0 Å². The Morgan fingerprint density at radius 1 is 0.308 bits per heavy atom. The minimum absolute atomic E-state index is 0.0578. The summed E-state index contributed by atoms with van der Waals surface area (Å²) in [6.07, 6.45) is 0. The summed E-state index contributed by atoms with van der Waals surface area (Å²) in [7, 11) is 0. The fraction of sp³-hybridized carbons (Fsp3) is 0.0833. The van der Waals surface area contributed by atoms with E-state index in [9.17, 15) is 0 Å². The van der Waals surface area contributed by atoms with Crippen LogP contribution in [0.15, 0.2) is 231 Å². The lowest BCUT2D eigenvalue weighted by atomic mass is 9.31. The Labute approximate surface area is 457 Å². The Balaban J connectivity index is 1.11. The van der Waals surface area contributed by atoms with Crippen molar-refractivity contribution >= 4 is 124 Å². The van der Waals surface area contributed by atoms with E-state index in [0.717, 1.165) is 34.1 Å². The summed E-state index contributed by atoms with van der Waals surface area (Å²) in [5.41, 5.74) is 30.0. The van der Waals surface area contributed by atoms with Gasteiger partial charge in [0.15, 0.2) is 0 Å². The fourth-order valence-corrected chi connectivity index (χ4v) is 14.4. The average Bonchev–Trinajstić information content (AvgIpc) is 3.10. The van der Waals surface area contributed by atoms with Crippen molar-refractivity contribution in [3.63, 3.8) is 0 Å². The third-order valence-electron chi connectivity index (χ3n) is 17.1. The number of rotatable bonds is 8. The highest BCUT2D eigenvalue weighted by molar-refractivity contribution is 7.01. The molecule has 15 rings (SSSR count). The van der Waals surface area contributed by atoms with Crippen LogP contribution >= 0.6 is 0 Å². The van der Waals surface area contributed by atoms with Crippen LogP contribution < -0.4 is 42.6 Å². The predicted octanol–water partition coefficient (Wildman–Crippen LogP) is 14.3. The summed E-state index contributed by atoms with van der Waals surface area (Å²) in [5, 5.41) is 4.97. The van der Waals surface area contributed by atoms with Gasteiger partial charge in [-0.3, -0.25) is 0 Å². The summed E-state index contributed by atoms with van der Waals surface area (Å²) in [5.74, 6) is 0. The second kappa shape index (κ2) is 17.7. The minimum atomic E-state index is -0.0578. The molecular weight excluding hydrogens is 942 g/mol. The van der Waals surface area contributed by atoms with E-state index in [4.69, 9.17) is 0 Å². The Morgan fingerprint density at radius 3 is 0.974 bits per heavy atom. The molecule has 6 heteroatoms. The summed E-state index contributed by atoms with van der Waals surface area (Å²) >= 11 is 0. The fourth-order valence-electron chi connectivity index (χ4n) is 14.4. The summed E-state index contributed by atoms with van der Waals surface area (Å²) in [6.45, 7) is 13.7. The van der Waals surface area contributed by atoms with Crippen LogP contribution in [0.25, 0.3) is 55.0 Å². The number of aromatic nitrogens is 2. The molecule has 0 spiro atoms. The largest absolute Gasteiger partial charge is 0.310 e. The highest BCUT2D eigenvalue weighted by Crippen LogP contribution is 2.47. The van der Waals surface area contributed by atoms with Crippen LogP contribution in [-0.4, -0.2) is 22.6 Å². The van der Waals surface area contributed by atoms with Crippen molar-refractivity contribution in [1.29, 1.82) is 0 Å². The molecule has 11 aromatic carbocycles. The lowest BCUT2D eigenvalue weighted by Crippen LogP contribution is -2.62. The smallest absolute Gasteiger partial charge is 0.247 e. The summed E-state index contributed by atoms with van der Waals surface area (Å²) in [6, 6.07) is 86.4. The van der Waals surface area contributed by atoms with E-state index >= 15 is 0 Å². The monoisotopic (exact) mass is 998 g/mol. The number of fused-ring (bicyclic) bond motifs is 10. The van der Waals surface area contributed by atoms with Gasteiger partial charge in [0.2, 0.25) is 13.4 Å². The van der Waals surface area contributed by atoms with Crippen molar-refractivity contribution in [3.8, 4) is 11.4 Å². The molecule has 13 aromatic rings. The molecule has 0 radical (unpaired) electrons. The molecule has 0 fully saturated rings. The first-order chi connectivity index (χ1) is 38.2. The number of hydrogen-bond donors (Lipinski definition) is 0. The predicted molar refractivity (Wildman–Crippen MR) is 335 cm³/mol. The second-order valence-electron chi connectivity index (χ2n) is 22.0. The van der Waals surface area contributed by atoms with E-state index in [0.29, 0.717) is 0 Å². The van der Waals surface area contributed by atoms with Crippen LogP contribution in [0.3, 0.4) is 0 Å². The van der Waals surface area contributed by atoms with Gasteiger partial charge in [-0.05, 0) is 142 Å². The Morgan fingerprint density at radius 2 is 0.628 bits per heavy atom. The first-order valence-electron chi connectivity index (χ1n) is 27.5. The van der Waals surface area contributed by atoms with Crippen molar-refractivity contribution in [2.45, 2.75) is 41.5 Å². The molecule has 2 aliphatic heterocycles. The molecule has 0 amide bonds. The molecule has 0 N–H and O–H groups in total. The molecule has 0 atom stereocenters. The van der Waals surface area contributed by atoms with Crippen molar-refractivity contribution in [2.75, 3.05) is 9.80 Å². The van der Waals surface area contributed by atoms with Gasteiger partial charge in [0.25, 0.3) is 0 Å². The van der Waals surface area contributed by atoms with E-state index in [-0.39, 0.29) is 13.4 Å². The van der Waals surface area contributed by atoms with Crippen LogP contribution in [-0.2, 0) is 0 Å². The van der Waals surface area contributed by atoms with Crippen molar-refractivity contribution in [1.82, 2.24) is 9.13 Å². The van der Waals surface area contributed by atoms with Crippen molar-refractivity contribution < 1.29 is 0 Å². The van der Waals surface area contributed by atoms with E-state index in [1.807, 2.05) is 0 Å². The zero-order valence-electron chi connectivity index (χ0n) is 44.9. The number of aryl methyl sites for hydroxylation is 6. The number of para-hydroxylation sites is 6. The number of hydrogen-bond acceptors (Lipinski definition) is 2. The molecule has 0 aliphatic carbocycles. The highest BCUT2D eigenvalue weighted by Gasteiger charge is 2.42. The molecule has 78 heavy (non-hydrogen) atoms. The molecule has 0 bridgehead atoms. The Kier molecular flexibility index (Phi) is 10.4. The van der Waals surface area contributed by atoms with Gasteiger partial charge in [-0.2, -0.15) is 0 Å². The molecule has 4 heterocycles. The molecule has 4 nitrogen and oxygen atoms in total. The van der Waals surface area contributed by atoms with E-state index < -0.39 is 0 Å². The van der Waals surface area contributed by atoms with Crippen LogP contribution in [0, 0.1) is 41.5 Å². The second-order valence-corrected chi connectivity index (χ2v) is 22.0. The van der Waals surface area contributed by atoms with Gasteiger partial charge in [0, 0.05) is 55.7 Å². The normalized spacial score (nSPS) is 12.4. The third kappa shape index (κ3) is 6.75. The maximum absolute atomic E-state index is 2.66. The number of anilines is 6. The summed E-state index contributed by atoms with van der Waals surface area (Å²) in [4.78, 5) is 4.91. The quantitative estimate of drug-likeness (QED) is 0.141. The van der Waals surface area contributed by atoms with Gasteiger partial charge in [0.1, 0.15) is 0 Å². The van der Waals surface area contributed by atoms with Crippen LogP contribution in [0.2, 0.25) is 0 Å². The van der Waals surface area contributed by atoms with Crippen LogP contribution in [0.5, 0.6) is 0 Å².